The third-order valence-corrected chi connectivity index (χ3v) is 3.80. The summed E-state index contributed by atoms with van der Waals surface area (Å²) >= 11 is 0. The molecule has 3 nitrogen and oxygen atoms in total. The molecule has 0 spiro atoms. The molecule has 104 valence electrons. The minimum Gasteiger partial charge on any atom is -0.369 e. The molecule has 1 heterocycles. The van der Waals surface area contributed by atoms with Gasteiger partial charge < -0.3 is 14.6 Å². The van der Waals surface area contributed by atoms with Crippen LogP contribution in [-0.2, 0) is 11.2 Å². The number of anilines is 1. The van der Waals surface area contributed by atoms with Gasteiger partial charge in [-0.3, -0.25) is 0 Å². The fraction of sp³-hybridized carbons (Fsp3) is 0.562. The highest BCUT2D eigenvalue weighted by Gasteiger charge is 2.13. The molecule has 0 atom stereocenters. The van der Waals surface area contributed by atoms with Crippen molar-refractivity contribution in [2.75, 3.05) is 38.1 Å². The van der Waals surface area contributed by atoms with E-state index < -0.39 is 0 Å². The number of hydrogen-bond donors (Lipinski definition) is 0. The molecule has 1 saturated heterocycles. The van der Waals surface area contributed by atoms with Gasteiger partial charge in [0.1, 0.15) is 5.78 Å². The van der Waals surface area contributed by atoms with E-state index in [4.69, 9.17) is 0 Å². The van der Waals surface area contributed by atoms with Crippen LogP contribution in [0.1, 0.15) is 25.3 Å². The summed E-state index contributed by atoms with van der Waals surface area (Å²) in [5.74, 6) is 0.286. The van der Waals surface area contributed by atoms with Gasteiger partial charge in [-0.2, -0.15) is 0 Å². The molecule has 0 unspecified atom stereocenters. The van der Waals surface area contributed by atoms with E-state index in [0.29, 0.717) is 6.42 Å². The first-order valence-electron chi connectivity index (χ1n) is 7.17. The topological polar surface area (TPSA) is 23.6 Å². The standard InChI is InChI=1S/C16H24N2O/c1-14(19)4-3-5-15-6-8-16(9-7-15)18-12-10-17(2)11-13-18/h6-9H,3-5,10-13H2,1-2H3. The van der Waals surface area contributed by atoms with Crippen molar-refractivity contribution in [2.45, 2.75) is 26.2 Å². The fourth-order valence-electron chi connectivity index (χ4n) is 2.48. The maximum Gasteiger partial charge on any atom is 0.129 e. The number of piperazine rings is 1. The number of Topliss-reactive ketones (excluding diaryl/α,β-unsaturated/α-hetero) is 1. The van der Waals surface area contributed by atoms with E-state index >= 15 is 0 Å². The summed E-state index contributed by atoms with van der Waals surface area (Å²) in [5, 5.41) is 0. The van der Waals surface area contributed by atoms with E-state index in [9.17, 15) is 4.79 Å². The Bertz CT molecular complexity index is 405. The number of likely N-dealkylation sites (N-methyl/N-ethyl adjacent to an activating group) is 1. The minimum absolute atomic E-state index is 0.286. The summed E-state index contributed by atoms with van der Waals surface area (Å²) < 4.78 is 0. The van der Waals surface area contributed by atoms with Gasteiger partial charge in [-0.05, 0) is 44.5 Å². The largest absolute Gasteiger partial charge is 0.369 e. The third-order valence-electron chi connectivity index (χ3n) is 3.80. The minimum atomic E-state index is 0.286. The Kier molecular flexibility index (Phi) is 4.97. The first kappa shape index (κ1) is 14.1. The van der Waals surface area contributed by atoms with Gasteiger partial charge in [0.15, 0.2) is 0 Å². The molecular formula is C16H24N2O. The van der Waals surface area contributed by atoms with Crippen LogP contribution in [0, 0.1) is 0 Å². The highest BCUT2D eigenvalue weighted by molar-refractivity contribution is 5.75. The molecule has 19 heavy (non-hydrogen) atoms. The molecule has 3 heteroatoms. The van der Waals surface area contributed by atoms with Crippen LogP contribution in [0.15, 0.2) is 24.3 Å². The van der Waals surface area contributed by atoms with Gasteiger partial charge in [-0.25, -0.2) is 0 Å². The van der Waals surface area contributed by atoms with Crippen LogP contribution in [0.3, 0.4) is 0 Å². The van der Waals surface area contributed by atoms with Gasteiger partial charge in [-0.15, -0.1) is 0 Å². The second-order valence-corrected chi connectivity index (χ2v) is 5.51. The molecule has 0 saturated carbocycles. The van der Waals surface area contributed by atoms with Crippen molar-refractivity contribution in [3.05, 3.63) is 29.8 Å². The zero-order valence-electron chi connectivity index (χ0n) is 12.1. The molecule has 0 bridgehead atoms. The predicted molar refractivity (Wildman–Crippen MR) is 79.8 cm³/mol. The average Bonchev–Trinajstić information content (AvgIpc) is 2.40. The maximum absolute atomic E-state index is 10.9. The van der Waals surface area contributed by atoms with E-state index in [1.54, 1.807) is 6.92 Å². The highest BCUT2D eigenvalue weighted by atomic mass is 16.1. The number of rotatable bonds is 5. The molecular weight excluding hydrogens is 236 g/mol. The van der Waals surface area contributed by atoms with Crippen molar-refractivity contribution >= 4 is 11.5 Å². The first-order valence-corrected chi connectivity index (χ1v) is 7.17. The Balaban J connectivity index is 1.85. The molecule has 0 radical (unpaired) electrons. The Hall–Kier alpha value is -1.35. The van der Waals surface area contributed by atoms with Crippen LogP contribution in [0.2, 0.25) is 0 Å². The van der Waals surface area contributed by atoms with Crippen molar-refractivity contribution in [3.8, 4) is 0 Å². The van der Waals surface area contributed by atoms with Gasteiger partial charge in [0, 0.05) is 38.3 Å². The van der Waals surface area contributed by atoms with Crippen molar-refractivity contribution in [2.24, 2.45) is 0 Å². The lowest BCUT2D eigenvalue weighted by molar-refractivity contribution is -0.117. The number of benzene rings is 1. The van der Waals surface area contributed by atoms with Crippen molar-refractivity contribution in [1.82, 2.24) is 4.90 Å². The number of hydrogen-bond acceptors (Lipinski definition) is 3. The SMILES string of the molecule is CC(=O)CCCc1ccc(N2CCN(C)CC2)cc1. The van der Waals surface area contributed by atoms with Crippen LogP contribution in [0.4, 0.5) is 5.69 Å². The van der Waals surface area contributed by atoms with Crippen molar-refractivity contribution in [3.63, 3.8) is 0 Å². The molecule has 0 N–H and O–H groups in total. The molecule has 0 amide bonds. The lowest BCUT2D eigenvalue weighted by Crippen LogP contribution is -2.44. The van der Waals surface area contributed by atoms with Gasteiger partial charge in [0.05, 0.1) is 0 Å². The lowest BCUT2D eigenvalue weighted by Gasteiger charge is -2.34. The molecule has 1 aromatic rings. The second kappa shape index (κ2) is 6.71. The Labute approximate surface area is 116 Å². The third kappa shape index (κ3) is 4.35. The summed E-state index contributed by atoms with van der Waals surface area (Å²) in [7, 11) is 2.18. The normalized spacial score (nSPS) is 16.6. The molecule has 1 aliphatic heterocycles. The zero-order chi connectivity index (χ0) is 13.7. The summed E-state index contributed by atoms with van der Waals surface area (Å²) in [6.45, 7) is 6.16. The van der Waals surface area contributed by atoms with E-state index in [0.717, 1.165) is 39.0 Å². The van der Waals surface area contributed by atoms with E-state index in [1.807, 2.05) is 0 Å². The van der Waals surface area contributed by atoms with Crippen LogP contribution < -0.4 is 4.90 Å². The van der Waals surface area contributed by atoms with Gasteiger partial charge in [0.25, 0.3) is 0 Å². The molecule has 1 fully saturated rings. The quantitative estimate of drug-likeness (QED) is 0.812. The molecule has 2 rings (SSSR count). The first-order chi connectivity index (χ1) is 9.15. The Morgan fingerprint density at radius 1 is 1.11 bits per heavy atom. The van der Waals surface area contributed by atoms with Crippen LogP contribution in [-0.4, -0.2) is 43.9 Å². The van der Waals surface area contributed by atoms with Gasteiger partial charge >= 0.3 is 0 Å². The van der Waals surface area contributed by atoms with Crippen LogP contribution >= 0.6 is 0 Å². The maximum atomic E-state index is 10.9. The van der Waals surface area contributed by atoms with E-state index in [-0.39, 0.29) is 5.78 Å². The van der Waals surface area contributed by atoms with E-state index in [2.05, 4.69) is 41.1 Å². The lowest BCUT2D eigenvalue weighted by atomic mass is 10.1. The Morgan fingerprint density at radius 3 is 2.32 bits per heavy atom. The van der Waals surface area contributed by atoms with Crippen molar-refractivity contribution < 1.29 is 4.79 Å². The number of ketones is 1. The second-order valence-electron chi connectivity index (χ2n) is 5.51. The summed E-state index contributed by atoms with van der Waals surface area (Å²) in [6, 6.07) is 8.84. The number of carbonyl (C=O) groups is 1. The number of aryl methyl sites for hydroxylation is 1. The van der Waals surface area contributed by atoms with Crippen LogP contribution in [0.5, 0.6) is 0 Å². The molecule has 0 aromatic heterocycles. The summed E-state index contributed by atoms with van der Waals surface area (Å²) in [4.78, 5) is 15.7. The predicted octanol–water partition coefficient (Wildman–Crippen LogP) is 2.35. The van der Waals surface area contributed by atoms with Gasteiger partial charge in [0.2, 0.25) is 0 Å². The molecule has 0 aliphatic carbocycles. The van der Waals surface area contributed by atoms with Gasteiger partial charge in [-0.1, -0.05) is 12.1 Å². The molecule has 1 aliphatic rings. The van der Waals surface area contributed by atoms with Crippen LogP contribution in [0.25, 0.3) is 0 Å². The zero-order valence-corrected chi connectivity index (χ0v) is 12.1. The van der Waals surface area contributed by atoms with E-state index in [1.165, 1.54) is 11.3 Å². The number of nitrogens with zero attached hydrogens (tertiary/aromatic N) is 2. The monoisotopic (exact) mass is 260 g/mol. The average molecular weight is 260 g/mol. The van der Waals surface area contributed by atoms with Crippen molar-refractivity contribution in [1.29, 1.82) is 0 Å². The summed E-state index contributed by atoms with van der Waals surface area (Å²) in [5.41, 5.74) is 2.66. The highest BCUT2D eigenvalue weighted by Crippen LogP contribution is 2.18. The Morgan fingerprint density at radius 2 is 1.74 bits per heavy atom. The number of carbonyl (C=O) groups excluding carboxylic acids is 1. The smallest absolute Gasteiger partial charge is 0.129 e. The molecule has 1 aromatic carbocycles. The summed E-state index contributed by atoms with van der Waals surface area (Å²) in [6.07, 6.45) is 2.66. The fourth-order valence-corrected chi connectivity index (χ4v) is 2.48.